The zero-order chi connectivity index (χ0) is 25.6. The van der Waals surface area contributed by atoms with E-state index in [1.165, 1.54) is 47.1 Å². The van der Waals surface area contributed by atoms with Crippen LogP contribution in [-0.4, -0.2) is 34.2 Å². The van der Waals surface area contributed by atoms with E-state index in [4.69, 9.17) is 32.8 Å². The molecule has 0 bridgehead atoms. The number of hydrogen-bond donors (Lipinski definition) is 1. The molecule has 0 unspecified atom stereocenters. The summed E-state index contributed by atoms with van der Waals surface area (Å²) in [6, 6.07) is 12.6. The summed E-state index contributed by atoms with van der Waals surface area (Å²) in [6.07, 6.45) is 9.80. The van der Waals surface area contributed by atoms with Crippen LogP contribution in [0.15, 0.2) is 40.9 Å². The molecule has 3 aromatic rings. The predicted molar refractivity (Wildman–Crippen MR) is 145 cm³/mol. The molecule has 1 aliphatic heterocycles. The largest absolute Gasteiger partial charge is 0.481 e. The summed E-state index contributed by atoms with van der Waals surface area (Å²) >= 11 is 12.8. The molecule has 2 aliphatic carbocycles. The van der Waals surface area contributed by atoms with E-state index in [1.807, 2.05) is 6.07 Å². The number of benzene rings is 2. The van der Waals surface area contributed by atoms with Gasteiger partial charge < -0.3 is 9.63 Å². The molecule has 1 N–H and O–H groups in total. The molecule has 1 aromatic heterocycles. The molecule has 0 spiro atoms. The van der Waals surface area contributed by atoms with Crippen molar-refractivity contribution in [2.24, 2.45) is 5.92 Å². The third kappa shape index (κ3) is 4.94. The van der Waals surface area contributed by atoms with Crippen molar-refractivity contribution < 1.29 is 14.4 Å². The third-order valence-electron chi connectivity index (χ3n) is 8.77. The second kappa shape index (κ2) is 10.1. The lowest BCUT2D eigenvalue weighted by molar-refractivity contribution is -0.147. The SMILES string of the molecule is O=C(O)C1CN(Cc2ccc3c(c2)CCc2c-3noc2CCC2(c3cc(Cl)cc(Cl)c3)CCCCC2)C1. The van der Waals surface area contributed by atoms with Gasteiger partial charge in [0.05, 0.1) is 5.92 Å². The van der Waals surface area contributed by atoms with Crippen LogP contribution in [0.1, 0.15) is 66.5 Å². The minimum absolute atomic E-state index is 0.0739. The van der Waals surface area contributed by atoms with Crippen molar-refractivity contribution in [1.82, 2.24) is 10.1 Å². The smallest absolute Gasteiger partial charge is 0.309 e. The van der Waals surface area contributed by atoms with Crippen LogP contribution < -0.4 is 0 Å². The number of aryl methyl sites for hydroxylation is 2. The molecule has 6 rings (SSSR count). The first-order valence-electron chi connectivity index (χ1n) is 13.4. The summed E-state index contributed by atoms with van der Waals surface area (Å²) in [5.41, 5.74) is 7.27. The first-order chi connectivity index (χ1) is 17.9. The van der Waals surface area contributed by atoms with Crippen LogP contribution >= 0.6 is 23.2 Å². The molecule has 1 saturated heterocycles. The number of hydrogen-bond acceptors (Lipinski definition) is 4. The highest BCUT2D eigenvalue weighted by molar-refractivity contribution is 6.34. The number of aromatic nitrogens is 1. The van der Waals surface area contributed by atoms with Crippen LogP contribution in [0.3, 0.4) is 0 Å². The van der Waals surface area contributed by atoms with Crippen LogP contribution in [0.25, 0.3) is 11.3 Å². The van der Waals surface area contributed by atoms with Crippen LogP contribution in [0.4, 0.5) is 0 Å². The molecule has 0 atom stereocenters. The number of aliphatic carboxylic acids is 1. The highest BCUT2D eigenvalue weighted by Crippen LogP contribution is 2.45. The molecule has 0 radical (unpaired) electrons. The van der Waals surface area contributed by atoms with Gasteiger partial charge in [-0.2, -0.15) is 0 Å². The average molecular weight is 540 g/mol. The fourth-order valence-corrected chi connectivity index (χ4v) is 7.22. The highest BCUT2D eigenvalue weighted by atomic mass is 35.5. The number of halogens is 2. The Morgan fingerprint density at radius 2 is 1.81 bits per heavy atom. The topological polar surface area (TPSA) is 66.6 Å². The van der Waals surface area contributed by atoms with E-state index in [-0.39, 0.29) is 11.3 Å². The quantitative estimate of drug-likeness (QED) is 0.347. The standard InChI is InChI=1S/C30H32Cl2N2O3/c31-23-13-22(14-24(32)15-23)30(9-2-1-3-10-30)11-8-27-26-7-5-20-12-19(4-6-25(20)28(26)33-37-27)16-34-17-21(18-34)29(35)36/h4,6,12-15,21H,1-3,5,7-11,16-18H2,(H,35,36). The Labute approximate surface area is 227 Å². The van der Waals surface area contributed by atoms with Crippen molar-refractivity contribution >= 4 is 29.2 Å². The fourth-order valence-electron chi connectivity index (χ4n) is 6.69. The van der Waals surface area contributed by atoms with Gasteiger partial charge in [0.2, 0.25) is 0 Å². The second-order valence-electron chi connectivity index (χ2n) is 11.2. The Morgan fingerprint density at radius 3 is 2.54 bits per heavy atom. The van der Waals surface area contributed by atoms with Crippen molar-refractivity contribution in [2.45, 2.75) is 69.7 Å². The normalized spacial score (nSPS) is 19.2. The fraction of sp³-hybridized carbons (Fsp3) is 0.467. The predicted octanol–water partition coefficient (Wildman–Crippen LogP) is 7.10. The molecule has 1 saturated carbocycles. The van der Waals surface area contributed by atoms with Gasteiger partial charge in [-0.3, -0.25) is 9.69 Å². The maximum absolute atomic E-state index is 11.1. The summed E-state index contributed by atoms with van der Waals surface area (Å²) < 4.78 is 5.98. The van der Waals surface area contributed by atoms with Crippen molar-refractivity contribution in [2.75, 3.05) is 13.1 Å². The zero-order valence-corrected chi connectivity index (χ0v) is 22.5. The van der Waals surface area contributed by atoms with Crippen LogP contribution in [-0.2, 0) is 36.0 Å². The lowest BCUT2D eigenvalue weighted by atomic mass is 9.66. The lowest BCUT2D eigenvalue weighted by Gasteiger charge is -2.38. The summed E-state index contributed by atoms with van der Waals surface area (Å²) in [4.78, 5) is 13.3. The molecule has 0 amide bonds. The maximum Gasteiger partial charge on any atom is 0.309 e. The van der Waals surface area contributed by atoms with Crippen molar-refractivity contribution in [3.63, 3.8) is 0 Å². The van der Waals surface area contributed by atoms with Gasteiger partial charge in [-0.1, -0.05) is 65.8 Å². The molecular weight excluding hydrogens is 507 g/mol. The van der Waals surface area contributed by atoms with Crippen LogP contribution in [0.2, 0.25) is 10.0 Å². The Hall–Kier alpha value is -2.34. The Balaban J connectivity index is 1.19. The lowest BCUT2D eigenvalue weighted by Crippen LogP contribution is -2.49. The average Bonchev–Trinajstić information content (AvgIpc) is 3.28. The Bertz CT molecular complexity index is 1300. The summed E-state index contributed by atoms with van der Waals surface area (Å²) in [6.45, 7) is 2.06. The molecule has 194 valence electrons. The third-order valence-corrected chi connectivity index (χ3v) is 9.20. The number of carboxylic acid groups (broad SMARTS) is 1. The number of rotatable bonds is 7. The van der Waals surface area contributed by atoms with Gasteiger partial charge in [0, 0.05) is 47.2 Å². The number of carboxylic acids is 1. The van der Waals surface area contributed by atoms with E-state index >= 15 is 0 Å². The van der Waals surface area contributed by atoms with Gasteiger partial charge >= 0.3 is 5.97 Å². The van der Waals surface area contributed by atoms with Crippen molar-refractivity contribution in [1.29, 1.82) is 0 Å². The summed E-state index contributed by atoms with van der Waals surface area (Å²) in [5.74, 6) is 0.0993. The van der Waals surface area contributed by atoms with Crippen LogP contribution in [0.5, 0.6) is 0 Å². The minimum Gasteiger partial charge on any atom is -0.481 e. The maximum atomic E-state index is 11.1. The monoisotopic (exact) mass is 538 g/mol. The molecular formula is C30H32Cl2N2O3. The van der Waals surface area contributed by atoms with E-state index in [1.54, 1.807) is 0 Å². The van der Waals surface area contributed by atoms with Gasteiger partial charge in [-0.15, -0.1) is 0 Å². The van der Waals surface area contributed by atoms with E-state index in [2.05, 4.69) is 40.4 Å². The number of nitrogens with zero attached hydrogens (tertiary/aromatic N) is 2. The number of carbonyl (C=O) groups is 1. The summed E-state index contributed by atoms with van der Waals surface area (Å²) in [5, 5.41) is 15.1. The molecule has 37 heavy (non-hydrogen) atoms. The number of fused-ring (bicyclic) bond motifs is 3. The van der Waals surface area contributed by atoms with Gasteiger partial charge in [0.1, 0.15) is 11.5 Å². The number of likely N-dealkylation sites (tertiary alicyclic amines) is 1. The van der Waals surface area contributed by atoms with E-state index < -0.39 is 5.97 Å². The summed E-state index contributed by atoms with van der Waals surface area (Å²) in [7, 11) is 0. The van der Waals surface area contributed by atoms with E-state index in [0.29, 0.717) is 23.1 Å². The Morgan fingerprint density at radius 1 is 1.05 bits per heavy atom. The van der Waals surface area contributed by atoms with E-state index in [9.17, 15) is 4.79 Å². The first-order valence-corrected chi connectivity index (χ1v) is 14.2. The van der Waals surface area contributed by atoms with Gasteiger partial charge in [-0.25, -0.2) is 0 Å². The zero-order valence-electron chi connectivity index (χ0n) is 20.9. The molecule has 5 nitrogen and oxygen atoms in total. The van der Waals surface area contributed by atoms with Crippen molar-refractivity contribution in [3.8, 4) is 11.3 Å². The van der Waals surface area contributed by atoms with Gasteiger partial charge in [0.25, 0.3) is 0 Å². The molecule has 2 heterocycles. The molecule has 2 fully saturated rings. The molecule has 3 aliphatic rings. The molecule has 2 aromatic carbocycles. The van der Waals surface area contributed by atoms with Crippen LogP contribution in [0, 0.1) is 5.92 Å². The van der Waals surface area contributed by atoms with Gasteiger partial charge in [0.15, 0.2) is 0 Å². The Kier molecular flexibility index (Phi) is 6.81. The highest BCUT2D eigenvalue weighted by Gasteiger charge is 2.36. The van der Waals surface area contributed by atoms with Gasteiger partial charge in [-0.05, 0) is 72.4 Å². The second-order valence-corrected chi connectivity index (χ2v) is 12.0. The molecule has 7 heteroatoms. The first kappa shape index (κ1) is 25.0. The van der Waals surface area contributed by atoms with Crippen molar-refractivity contribution in [3.05, 3.63) is 74.5 Å². The van der Waals surface area contributed by atoms with E-state index in [0.717, 1.165) is 56.5 Å². The minimum atomic E-state index is -0.693.